The number of hydrazone groups is 1. The van der Waals surface area contributed by atoms with Crippen LogP contribution in [0.5, 0.6) is 5.75 Å². The predicted octanol–water partition coefficient (Wildman–Crippen LogP) is 2.68. The highest BCUT2D eigenvalue weighted by atomic mass is 19.1. The minimum atomic E-state index is -0.511. The first-order valence-corrected chi connectivity index (χ1v) is 10.7. The maximum atomic E-state index is 14.6. The van der Waals surface area contributed by atoms with E-state index >= 15 is 0 Å². The molecule has 1 atom stereocenters. The van der Waals surface area contributed by atoms with Gasteiger partial charge in [-0.05, 0) is 18.2 Å². The summed E-state index contributed by atoms with van der Waals surface area (Å²) in [5.41, 5.74) is 2.01. The van der Waals surface area contributed by atoms with E-state index in [0.717, 1.165) is 5.56 Å². The summed E-state index contributed by atoms with van der Waals surface area (Å²) in [6, 6.07) is 13.5. The highest BCUT2D eigenvalue weighted by Gasteiger charge is 2.35. The van der Waals surface area contributed by atoms with Crippen LogP contribution in [0.4, 0.5) is 4.39 Å². The van der Waals surface area contributed by atoms with Gasteiger partial charge in [0.15, 0.2) is 0 Å². The summed E-state index contributed by atoms with van der Waals surface area (Å²) in [5.74, 6) is 0.198. The largest absolute Gasteiger partial charge is 0.497 e. The number of piperazine rings is 1. The van der Waals surface area contributed by atoms with Crippen molar-refractivity contribution in [1.29, 1.82) is 0 Å². The van der Waals surface area contributed by atoms with Crippen LogP contribution in [0.25, 0.3) is 0 Å². The molecule has 0 saturated carbocycles. The van der Waals surface area contributed by atoms with Gasteiger partial charge in [0.25, 0.3) is 5.91 Å². The molecule has 2 amide bonds. The van der Waals surface area contributed by atoms with E-state index in [0.29, 0.717) is 49.6 Å². The maximum Gasteiger partial charge on any atom is 0.257 e. The lowest BCUT2D eigenvalue weighted by molar-refractivity contribution is -0.135. The Bertz CT molecular complexity index is 1030. The monoisotopic (exact) mass is 438 g/mol. The Morgan fingerprint density at radius 1 is 1.09 bits per heavy atom. The summed E-state index contributed by atoms with van der Waals surface area (Å²) in [6.45, 7) is 4.16. The highest BCUT2D eigenvalue weighted by molar-refractivity contribution is 6.03. The molecule has 0 aromatic heterocycles. The molecular weight excluding hydrogens is 411 g/mol. The summed E-state index contributed by atoms with van der Waals surface area (Å²) in [6.07, 6.45) is 0.415. The molecule has 0 radical (unpaired) electrons. The molecule has 2 heterocycles. The van der Waals surface area contributed by atoms with E-state index in [2.05, 4.69) is 5.10 Å². The van der Waals surface area contributed by atoms with Crippen LogP contribution in [0.1, 0.15) is 30.5 Å². The molecule has 0 N–H and O–H groups in total. The van der Waals surface area contributed by atoms with Crippen LogP contribution >= 0.6 is 0 Å². The number of carbonyl (C=O) groups excluding carboxylic acids is 2. The van der Waals surface area contributed by atoms with Gasteiger partial charge in [0.1, 0.15) is 11.6 Å². The number of halogens is 1. The Kier molecular flexibility index (Phi) is 6.50. The topological polar surface area (TPSA) is 65.5 Å². The average molecular weight is 439 g/mol. The van der Waals surface area contributed by atoms with Crippen molar-refractivity contribution < 1.29 is 18.7 Å². The minimum Gasteiger partial charge on any atom is -0.497 e. The summed E-state index contributed by atoms with van der Waals surface area (Å²) in [4.78, 5) is 28.6. The number of hydrogen-bond donors (Lipinski definition) is 0. The van der Waals surface area contributed by atoms with Gasteiger partial charge in [-0.1, -0.05) is 30.3 Å². The van der Waals surface area contributed by atoms with Crippen LogP contribution in [0.2, 0.25) is 0 Å². The lowest BCUT2D eigenvalue weighted by Crippen LogP contribution is -2.50. The molecule has 1 unspecified atom stereocenters. The normalized spacial score (nSPS) is 19.1. The van der Waals surface area contributed by atoms with Crippen molar-refractivity contribution in [3.05, 3.63) is 65.5 Å². The van der Waals surface area contributed by atoms with Crippen molar-refractivity contribution >= 4 is 17.5 Å². The van der Waals surface area contributed by atoms with E-state index in [1.165, 1.54) is 11.1 Å². The lowest BCUT2D eigenvalue weighted by Gasteiger charge is -2.34. The van der Waals surface area contributed by atoms with Crippen LogP contribution in [0, 0.1) is 5.82 Å². The van der Waals surface area contributed by atoms with Crippen LogP contribution in [0.3, 0.4) is 0 Å². The highest BCUT2D eigenvalue weighted by Crippen LogP contribution is 2.34. The van der Waals surface area contributed by atoms with Gasteiger partial charge in [0, 0.05) is 50.7 Å². The molecule has 8 heteroatoms. The molecule has 2 aromatic rings. The van der Waals surface area contributed by atoms with Crippen LogP contribution < -0.4 is 4.74 Å². The Morgan fingerprint density at radius 2 is 1.84 bits per heavy atom. The second kappa shape index (κ2) is 9.48. The Labute approximate surface area is 187 Å². The van der Waals surface area contributed by atoms with Crippen LogP contribution in [-0.4, -0.2) is 72.2 Å². The average Bonchev–Trinajstić information content (AvgIpc) is 3.25. The first kappa shape index (κ1) is 22.0. The third-order valence-corrected chi connectivity index (χ3v) is 6.01. The van der Waals surface area contributed by atoms with Gasteiger partial charge >= 0.3 is 0 Å². The van der Waals surface area contributed by atoms with E-state index in [4.69, 9.17) is 4.74 Å². The zero-order valence-corrected chi connectivity index (χ0v) is 18.3. The molecule has 0 aliphatic carbocycles. The zero-order chi connectivity index (χ0) is 22.7. The van der Waals surface area contributed by atoms with Crippen LogP contribution in [0.15, 0.2) is 53.6 Å². The number of nitrogens with zero attached hydrogens (tertiary/aromatic N) is 4. The second-order valence-corrected chi connectivity index (χ2v) is 8.04. The summed E-state index contributed by atoms with van der Waals surface area (Å²) in [7, 11) is 1.60. The number of amides is 2. The summed E-state index contributed by atoms with van der Waals surface area (Å²) >= 11 is 0. The second-order valence-electron chi connectivity index (χ2n) is 8.04. The van der Waals surface area contributed by atoms with Crippen molar-refractivity contribution in [1.82, 2.24) is 14.8 Å². The van der Waals surface area contributed by atoms with E-state index in [1.807, 2.05) is 29.2 Å². The van der Waals surface area contributed by atoms with Gasteiger partial charge in [-0.25, -0.2) is 9.40 Å². The zero-order valence-electron chi connectivity index (χ0n) is 18.3. The fourth-order valence-electron chi connectivity index (χ4n) is 4.19. The number of hydrogen-bond acceptors (Lipinski definition) is 5. The SMILES string of the molecule is COc1cccc(C2=NN(C(=O)CN3CCN(C(C)=O)CC3)C(c3ccccc3F)C2)c1. The minimum absolute atomic E-state index is 0.0441. The Hall–Kier alpha value is -3.26. The van der Waals surface area contributed by atoms with Crippen molar-refractivity contribution in [3.8, 4) is 5.75 Å². The van der Waals surface area contributed by atoms with Crippen molar-refractivity contribution in [2.45, 2.75) is 19.4 Å². The van der Waals surface area contributed by atoms with E-state index in [-0.39, 0.29) is 24.2 Å². The number of carbonyl (C=O) groups is 2. The lowest BCUT2D eigenvalue weighted by atomic mass is 9.98. The number of ether oxygens (including phenoxy) is 1. The molecule has 32 heavy (non-hydrogen) atoms. The predicted molar refractivity (Wildman–Crippen MR) is 119 cm³/mol. The van der Waals surface area contributed by atoms with Gasteiger partial charge in [-0.2, -0.15) is 5.10 Å². The van der Waals surface area contributed by atoms with Crippen molar-refractivity contribution in [2.75, 3.05) is 39.8 Å². The molecule has 7 nitrogen and oxygen atoms in total. The van der Waals surface area contributed by atoms with E-state index < -0.39 is 6.04 Å². The van der Waals surface area contributed by atoms with Gasteiger partial charge in [0.2, 0.25) is 5.91 Å². The number of benzene rings is 2. The van der Waals surface area contributed by atoms with E-state index in [1.54, 1.807) is 37.1 Å². The first-order valence-electron chi connectivity index (χ1n) is 10.7. The maximum absolute atomic E-state index is 14.6. The molecule has 2 aliphatic heterocycles. The smallest absolute Gasteiger partial charge is 0.257 e. The quantitative estimate of drug-likeness (QED) is 0.720. The van der Waals surface area contributed by atoms with Gasteiger partial charge in [-0.15, -0.1) is 0 Å². The fourth-order valence-corrected chi connectivity index (χ4v) is 4.19. The van der Waals surface area contributed by atoms with Gasteiger partial charge in [-0.3, -0.25) is 14.5 Å². The molecule has 2 aromatic carbocycles. The van der Waals surface area contributed by atoms with Gasteiger partial charge < -0.3 is 9.64 Å². The molecule has 2 aliphatic rings. The fraction of sp³-hybridized carbons (Fsp3) is 0.375. The molecule has 1 fully saturated rings. The molecule has 1 saturated heterocycles. The number of rotatable bonds is 5. The molecule has 0 spiro atoms. The molecular formula is C24H27FN4O3. The van der Waals surface area contributed by atoms with Crippen LogP contribution in [-0.2, 0) is 9.59 Å². The molecule has 168 valence electrons. The first-order chi connectivity index (χ1) is 15.5. The van der Waals surface area contributed by atoms with Crippen molar-refractivity contribution in [3.63, 3.8) is 0 Å². The third kappa shape index (κ3) is 4.65. The summed E-state index contributed by atoms with van der Waals surface area (Å²) in [5, 5.41) is 6.05. The summed E-state index contributed by atoms with van der Waals surface area (Å²) < 4.78 is 20.0. The Balaban J connectivity index is 1.56. The standard InChI is InChI=1S/C24H27FN4O3/c1-17(30)28-12-10-27(11-13-28)16-24(31)29-23(20-8-3-4-9-21(20)25)15-22(26-29)18-6-5-7-19(14-18)32-2/h3-9,14,23H,10-13,15-16H2,1-2H3. The van der Waals surface area contributed by atoms with Gasteiger partial charge in [0.05, 0.1) is 25.4 Å². The molecule has 0 bridgehead atoms. The third-order valence-electron chi connectivity index (χ3n) is 6.01. The molecule has 4 rings (SSSR count). The Morgan fingerprint density at radius 3 is 2.53 bits per heavy atom. The van der Waals surface area contributed by atoms with Crippen molar-refractivity contribution in [2.24, 2.45) is 5.10 Å². The number of methoxy groups -OCH3 is 1. The van der Waals surface area contributed by atoms with E-state index in [9.17, 15) is 14.0 Å².